The van der Waals surface area contributed by atoms with Crippen LogP contribution < -0.4 is 0 Å². The molecule has 0 aliphatic carbocycles. The minimum Gasteiger partial charge on any atom is -0.390 e. The van der Waals surface area contributed by atoms with Crippen LogP contribution in [-0.4, -0.2) is 41.7 Å². The fourth-order valence-corrected chi connectivity index (χ4v) is 1.19. The van der Waals surface area contributed by atoms with E-state index in [4.69, 9.17) is 14.0 Å². The van der Waals surface area contributed by atoms with Gasteiger partial charge >= 0.3 is 0 Å². The number of ether oxygens (including phenoxy) is 2. The Hall–Kier alpha value is -0.980. The highest BCUT2D eigenvalue weighted by Gasteiger charge is 2.11. The lowest BCUT2D eigenvalue weighted by Gasteiger charge is -2.04. The van der Waals surface area contributed by atoms with E-state index in [1.54, 1.807) is 0 Å². The van der Waals surface area contributed by atoms with Crippen molar-refractivity contribution < 1.29 is 19.1 Å². The summed E-state index contributed by atoms with van der Waals surface area (Å²) in [7, 11) is 1.53. The van der Waals surface area contributed by atoms with Gasteiger partial charge in [0.05, 0.1) is 19.1 Å². The molecule has 0 fully saturated rings. The standard InChI is InChI=1S/C10H18N2O4/c1-3-4-15-7-9-11-10(16-12-9)5-8(13)6-14-2/h8,13H,3-7H2,1-2H3. The quantitative estimate of drug-likeness (QED) is 0.657. The number of methoxy groups -OCH3 is 1. The van der Waals surface area contributed by atoms with Gasteiger partial charge in [-0.15, -0.1) is 0 Å². The van der Waals surface area contributed by atoms with E-state index in [1.165, 1.54) is 7.11 Å². The summed E-state index contributed by atoms with van der Waals surface area (Å²) in [4.78, 5) is 4.09. The Kier molecular flexibility index (Phi) is 5.99. The molecule has 16 heavy (non-hydrogen) atoms. The number of aliphatic hydroxyl groups excluding tert-OH is 1. The topological polar surface area (TPSA) is 77.6 Å². The van der Waals surface area contributed by atoms with E-state index >= 15 is 0 Å². The molecule has 0 amide bonds. The molecule has 1 unspecified atom stereocenters. The molecule has 0 bridgehead atoms. The Bertz CT molecular complexity index is 290. The second kappa shape index (κ2) is 7.32. The molecule has 0 saturated carbocycles. The Labute approximate surface area is 94.6 Å². The van der Waals surface area contributed by atoms with Crippen LogP contribution in [0.5, 0.6) is 0 Å². The molecule has 1 aromatic heterocycles. The lowest BCUT2D eigenvalue weighted by molar-refractivity contribution is 0.0599. The highest BCUT2D eigenvalue weighted by Crippen LogP contribution is 2.03. The summed E-state index contributed by atoms with van der Waals surface area (Å²) < 4.78 is 15.0. The van der Waals surface area contributed by atoms with E-state index in [-0.39, 0.29) is 6.61 Å². The van der Waals surface area contributed by atoms with Crippen LogP contribution in [0.4, 0.5) is 0 Å². The number of aliphatic hydroxyl groups is 1. The molecular weight excluding hydrogens is 212 g/mol. The first kappa shape index (κ1) is 13.1. The smallest absolute Gasteiger partial charge is 0.229 e. The predicted octanol–water partition coefficient (Wildman–Crippen LogP) is 0.546. The summed E-state index contributed by atoms with van der Waals surface area (Å²) in [6.07, 6.45) is 0.640. The molecule has 0 aliphatic heterocycles. The lowest BCUT2D eigenvalue weighted by atomic mass is 10.3. The second-order valence-corrected chi connectivity index (χ2v) is 3.47. The van der Waals surface area contributed by atoms with Crippen molar-refractivity contribution in [3.05, 3.63) is 11.7 Å². The summed E-state index contributed by atoms with van der Waals surface area (Å²) in [5.74, 6) is 0.910. The minimum absolute atomic E-state index is 0.254. The summed E-state index contributed by atoms with van der Waals surface area (Å²) in [6, 6.07) is 0. The zero-order valence-corrected chi connectivity index (χ0v) is 9.68. The van der Waals surface area contributed by atoms with Crippen LogP contribution in [0.25, 0.3) is 0 Å². The van der Waals surface area contributed by atoms with Gasteiger partial charge in [0.15, 0.2) is 5.82 Å². The van der Waals surface area contributed by atoms with Crippen molar-refractivity contribution >= 4 is 0 Å². The van der Waals surface area contributed by atoms with Gasteiger partial charge in [-0.1, -0.05) is 12.1 Å². The third kappa shape index (κ3) is 4.69. The van der Waals surface area contributed by atoms with Crippen molar-refractivity contribution in [2.75, 3.05) is 20.3 Å². The zero-order valence-electron chi connectivity index (χ0n) is 9.68. The molecule has 0 aliphatic rings. The van der Waals surface area contributed by atoms with Gasteiger partial charge in [0, 0.05) is 13.7 Å². The molecule has 1 rings (SSSR count). The molecule has 1 atom stereocenters. The highest BCUT2D eigenvalue weighted by molar-refractivity contribution is 4.86. The SMILES string of the molecule is CCCOCc1noc(CC(O)COC)n1. The first-order valence-electron chi connectivity index (χ1n) is 5.32. The molecule has 0 aromatic carbocycles. The van der Waals surface area contributed by atoms with Crippen LogP contribution in [0, 0.1) is 0 Å². The average Bonchev–Trinajstić information content (AvgIpc) is 2.66. The van der Waals surface area contributed by atoms with Gasteiger partial charge < -0.3 is 19.1 Å². The van der Waals surface area contributed by atoms with E-state index in [9.17, 15) is 5.11 Å². The minimum atomic E-state index is -0.616. The average molecular weight is 230 g/mol. The van der Waals surface area contributed by atoms with Crippen LogP contribution in [0.2, 0.25) is 0 Å². The molecule has 92 valence electrons. The Morgan fingerprint density at radius 3 is 3.00 bits per heavy atom. The van der Waals surface area contributed by atoms with Gasteiger partial charge in [0.1, 0.15) is 6.61 Å². The maximum absolute atomic E-state index is 9.44. The van der Waals surface area contributed by atoms with Crippen molar-refractivity contribution in [2.24, 2.45) is 0 Å². The fourth-order valence-electron chi connectivity index (χ4n) is 1.19. The van der Waals surface area contributed by atoms with Crippen LogP contribution in [0.3, 0.4) is 0 Å². The van der Waals surface area contributed by atoms with E-state index in [0.29, 0.717) is 31.3 Å². The molecule has 0 radical (unpaired) electrons. The van der Waals surface area contributed by atoms with Crippen LogP contribution in [0.1, 0.15) is 25.1 Å². The number of nitrogens with zero attached hydrogens (tertiary/aromatic N) is 2. The lowest BCUT2D eigenvalue weighted by Crippen LogP contribution is -2.17. The van der Waals surface area contributed by atoms with Crippen molar-refractivity contribution in [2.45, 2.75) is 32.5 Å². The third-order valence-electron chi connectivity index (χ3n) is 1.86. The third-order valence-corrected chi connectivity index (χ3v) is 1.86. The second-order valence-electron chi connectivity index (χ2n) is 3.47. The van der Waals surface area contributed by atoms with Crippen LogP contribution in [-0.2, 0) is 22.5 Å². The van der Waals surface area contributed by atoms with E-state index in [1.807, 2.05) is 6.92 Å². The van der Waals surface area contributed by atoms with Gasteiger partial charge in [-0.2, -0.15) is 4.98 Å². The van der Waals surface area contributed by atoms with Crippen LogP contribution >= 0.6 is 0 Å². The van der Waals surface area contributed by atoms with E-state index < -0.39 is 6.10 Å². The van der Waals surface area contributed by atoms with Gasteiger partial charge in [0.2, 0.25) is 5.89 Å². The summed E-state index contributed by atoms with van der Waals surface area (Å²) in [5.41, 5.74) is 0. The molecule has 6 heteroatoms. The maximum atomic E-state index is 9.44. The molecular formula is C10H18N2O4. The van der Waals surface area contributed by atoms with Crippen LogP contribution in [0.15, 0.2) is 4.52 Å². The summed E-state index contributed by atoms with van der Waals surface area (Å²) >= 11 is 0. The number of hydrogen-bond donors (Lipinski definition) is 1. The first-order valence-corrected chi connectivity index (χ1v) is 5.32. The summed E-state index contributed by atoms with van der Waals surface area (Å²) in [5, 5.41) is 13.2. The Morgan fingerprint density at radius 1 is 1.50 bits per heavy atom. The fraction of sp³-hybridized carbons (Fsp3) is 0.800. The number of rotatable bonds is 8. The molecule has 0 saturated heterocycles. The number of aromatic nitrogens is 2. The highest BCUT2D eigenvalue weighted by atomic mass is 16.5. The summed E-state index contributed by atoms with van der Waals surface area (Å²) in [6.45, 7) is 3.31. The maximum Gasteiger partial charge on any atom is 0.229 e. The molecule has 6 nitrogen and oxygen atoms in total. The van der Waals surface area contributed by atoms with Crippen molar-refractivity contribution in [3.63, 3.8) is 0 Å². The van der Waals surface area contributed by atoms with Crippen molar-refractivity contribution in [3.8, 4) is 0 Å². The largest absolute Gasteiger partial charge is 0.390 e. The molecule has 0 spiro atoms. The van der Waals surface area contributed by atoms with Gasteiger partial charge in [-0.25, -0.2) is 0 Å². The Balaban J connectivity index is 2.33. The Morgan fingerprint density at radius 2 is 2.31 bits per heavy atom. The molecule has 1 heterocycles. The first-order chi connectivity index (χ1) is 7.76. The van der Waals surface area contributed by atoms with Gasteiger partial charge in [0.25, 0.3) is 0 Å². The predicted molar refractivity (Wildman–Crippen MR) is 55.8 cm³/mol. The number of hydrogen-bond acceptors (Lipinski definition) is 6. The normalized spacial score (nSPS) is 12.9. The monoisotopic (exact) mass is 230 g/mol. The van der Waals surface area contributed by atoms with Crippen molar-refractivity contribution in [1.82, 2.24) is 10.1 Å². The zero-order chi connectivity index (χ0) is 11.8. The van der Waals surface area contributed by atoms with Gasteiger partial charge in [-0.3, -0.25) is 0 Å². The van der Waals surface area contributed by atoms with E-state index in [2.05, 4.69) is 10.1 Å². The van der Waals surface area contributed by atoms with Gasteiger partial charge in [-0.05, 0) is 6.42 Å². The van der Waals surface area contributed by atoms with Crippen molar-refractivity contribution in [1.29, 1.82) is 0 Å². The molecule has 1 aromatic rings. The van der Waals surface area contributed by atoms with E-state index in [0.717, 1.165) is 6.42 Å². The molecule has 1 N–H and O–H groups in total.